The fraction of sp³-hybridized carbons (Fsp3) is 0.647. The minimum atomic E-state index is 0.146. The lowest BCUT2D eigenvalue weighted by molar-refractivity contribution is 0.0930. The number of aliphatic hydroxyl groups excluding tert-OH is 1. The molecule has 1 saturated heterocycles. The zero-order valence-electron chi connectivity index (χ0n) is 12.8. The van der Waals surface area contributed by atoms with Crippen molar-refractivity contribution in [2.75, 3.05) is 19.7 Å². The molecule has 0 amide bonds. The van der Waals surface area contributed by atoms with Crippen LogP contribution >= 0.6 is 15.9 Å². The molecule has 21 heavy (non-hydrogen) atoms. The molecule has 1 aromatic rings. The van der Waals surface area contributed by atoms with E-state index in [-0.39, 0.29) is 12.1 Å². The highest BCUT2D eigenvalue weighted by Gasteiger charge is 2.30. The molecule has 3 N–H and O–H groups in total. The minimum absolute atomic E-state index is 0.146. The number of hydrogen-bond acceptors (Lipinski definition) is 3. The molecule has 3 atom stereocenters. The number of piperidine rings is 1. The predicted octanol–water partition coefficient (Wildman–Crippen LogP) is 3.32. The first-order chi connectivity index (χ1) is 10.2. The van der Waals surface area contributed by atoms with Gasteiger partial charge >= 0.3 is 0 Å². The van der Waals surface area contributed by atoms with Gasteiger partial charge in [-0.15, -0.1) is 0 Å². The summed E-state index contributed by atoms with van der Waals surface area (Å²) in [6, 6.07) is 8.93. The zero-order valence-corrected chi connectivity index (χ0v) is 14.4. The van der Waals surface area contributed by atoms with Gasteiger partial charge in [-0.3, -0.25) is 4.90 Å². The van der Waals surface area contributed by atoms with E-state index in [0.29, 0.717) is 12.5 Å². The summed E-state index contributed by atoms with van der Waals surface area (Å²) in [6.07, 6.45) is 4.30. The van der Waals surface area contributed by atoms with E-state index in [1.54, 1.807) is 0 Å². The van der Waals surface area contributed by atoms with E-state index in [0.717, 1.165) is 30.4 Å². The lowest BCUT2D eigenvalue weighted by Crippen LogP contribution is -2.45. The predicted molar refractivity (Wildman–Crippen MR) is 91.1 cm³/mol. The summed E-state index contributed by atoms with van der Waals surface area (Å²) in [5.74, 6) is 0.599. The van der Waals surface area contributed by atoms with Gasteiger partial charge in [0.15, 0.2) is 0 Å². The Morgan fingerprint density at radius 1 is 1.48 bits per heavy atom. The molecule has 2 rings (SSSR count). The molecule has 3 unspecified atom stereocenters. The van der Waals surface area contributed by atoms with Crippen molar-refractivity contribution in [1.29, 1.82) is 0 Å². The molecule has 1 aromatic carbocycles. The van der Waals surface area contributed by atoms with Gasteiger partial charge < -0.3 is 10.8 Å². The van der Waals surface area contributed by atoms with Crippen LogP contribution in [0.3, 0.4) is 0 Å². The summed E-state index contributed by atoms with van der Waals surface area (Å²) >= 11 is 3.57. The third-order valence-corrected chi connectivity index (χ3v) is 5.04. The number of nitrogens with zero attached hydrogens (tertiary/aromatic N) is 1. The van der Waals surface area contributed by atoms with Crippen molar-refractivity contribution < 1.29 is 5.11 Å². The summed E-state index contributed by atoms with van der Waals surface area (Å²) in [5.41, 5.74) is 7.74. The first kappa shape index (κ1) is 16.9. The number of nitrogens with two attached hydrogens (primary N) is 1. The third kappa shape index (κ3) is 4.52. The highest BCUT2D eigenvalue weighted by molar-refractivity contribution is 9.10. The molecule has 1 aliphatic rings. The number of benzene rings is 1. The molecule has 0 bridgehead atoms. The molecule has 0 saturated carbocycles. The maximum absolute atomic E-state index is 9.20. The van der Waals surface area contributed by atoms with Gasteiger partial charge in [-0.25, -0.2) is 0 Å². The van der Waals surface area contributed by atoms with E-state index in [9.17, 15) is 5.11 Å². The van der Waals surface area contributed by atoms with Crippen LogP contribution in [0.15, 0.2) is 28.7 Å². The number of hydrogen-bond donors (Lipinski definition) is 2. The largest absolute Gasteiger partial charge is 0.396 e. The Morgan fingerprint density at radius 3 is 2.95 bits per heavy atom. The molecule has 1 aliphatic heterocycles. The molecule has 4 heteroatoms. The standard InChI is InChI=1S/C17H27BrN2O/c1-2-16(19)17(14-6-3-7-15(18)11-14)20-9-4-5-13(12-20)8-10-21/h3,6-7,11,13,16-17,21H,2,4-5,8-10,12,19H2,1H3. The summed E-state index contributed by atoms with van der Waals surface area (Å²) < 4.78 is 1.11. The van der Waals surface area contributed by atoms with Crippen molar-refractivity contribution >= 4 is 15.9 Å². The first-order valence-corrected chi connectivity index (χ1v) is 8.81. The summed E-state index contributed by atoms with van der Waals surface area (Å²) in [7, 11) is 0. The normalized spacial score (nSPS) is 23.0. The maximum Gasteiger partial charge on any atom is 0.0499 e. The van der Waals surface area contributed by atoms with Gasteiger partial charge in [0.05, 0.1) is 0 Å². The van der Waals surface area contributed by atoms with Crippen LogP contribution in [0.1, 0.15) is 44.2 Å². The average Bonchev–Trinajstić information content (AvgIpc) is 2.48. The topological polar surface area (TPSA) is 49.5 Å². The molecule has 1 heterocycles. The van der Waals surface area contributed by atoms with Gasteiger partial charge in [-0.2, -0.15) is 0 Å². The zero-order chi connectivity index (χ0) is 15.2. The second-order valence-corrected chi connectivity index (χ2v) is 7.00. The van der Waals surface area contributed by atoms with Gasteiger partial charge in [0, 0.05) is 29.7 Å². The lowest BCUT2D eigenvalue weighted by Gasteiger charge is -2.41. The van der Waals surface area contributed by atoms with Crippen molar-refractivity contribution in [3.05, 3.63) is 34.3 Å². The van der Waals surface area contributed by atoms with E-state index in [1.807, 2.05) is 0 Å². The number of aliphatic hydroxyl groups is 1. The third-order valence-electron chi connectivity index (χ3n) is 4.55. The number of rotatable bonds is 6. The Bertz CT molecular complexity index is 439. The quantitative estimate of drug-likeness (QED) is 0.823. The summed E-state index contributed by atoms with van der Waals surface area (Å²) in [5, 5.41) is 9.20. The lowest BCUT2D eigenvalue weighted by atomic mass is 9.89. The van der Waals surface area contributed by atoms with Crippen LogP contribution in [0.2, 0.25) is 0 Å². The molecule has 0 aliphatic carbocycles. The summed E-state index contributed by atoms with van der Waals surface area (Å²) in [6.45, 7) is 4.60. The number of halogens is 1. The van der Waals surface area contributed by atoms with Crippen LogP contribution in [0.25, 0.3) is 0 Å². The summed E-state index contributed by atoms with van der Waals surface area (Å²) in [4.78, 5) is 2.53. The van der Waals surface area contributed by atoms with Gasteiger partial charge in [0.25, 0.3) is 0 Å². The molecule has 118 valence electrons. The Morgan fingerprint density at radius 2 is 2.29 bits per heavy atom. The van der Waals surface area contributed by atoms with Gasteiger partial charge in [-0.1, -0.05) is 35.0 Å². The van der Waals surface area contributed by atoms with E-state index < -0.39 is 0 Å². The van der Waals surface area contributed by atoms with Crippen molar-refractivity contribution in [3.63, 3.8) is 0 Å². The molecule has 1 fully saturated rings. The van der Waals surface area contributed by atoms with E-state index in [4.69, 9.17) is 5.73 Å². The van der Waals surface area contributed by atoms with E-state index >= 15 is 0 Å². The molecular weight excluding hydrogens is 328 g/mol. The molecular formula is C17H27BrN2O. The highest BCUT2D eigenvalue weighted by Crippen LogP contribution is 2.32. The van der Waals surface area contributed by atoms with Crippen LogP contribution in [0.4, 0.5) is 0 Å². The molecule has 0 aromatic heterocycles. The highest BCUT2D eigenvalue weighted by atomic mass is 79.9. The Hall–Kier alpha value is -0.420. The molecule has 0 spiro atoms. The van der Waals surface area contributed by atoms with Crippen LogP contribution in [-0.4, -0.2) is 35.7 Å². The fourth-order valence-electron chi connectivity index (χ4n) is 3.41. The van der Waals surface area contributed by atoms with Crippen LogP contribution in [0, 0.1) is 5.92 Å². The number of likely N-dealkylation sites (tertiary alicyclic amines) is 1. The van der Waals surface area contributed by atoms with Gasteiger partial charge in [-0.05, 0) is 55.8 Å². The Balaban J connectivity index is 2.19. The second-order valence-electron chi connectivity index (χ2n) is 6.09. The molecule has 3 nitrogen and oxygen atoms in total. The molecule has 0 radical (unpaired) electrons. The van der Waals surface area contributed by atoms with Crippen molar-refractivity contribution in [1.82, 2.24) is 4.90 Å². The fourth-order valence-corrected chi connectivity index (χ4v) is 3.83. The van der Waals surface area contributed by atoms with Crippen LogP contribution in [0.5, 0.6) is 0 Å². The van der Waals surface area contributed by atoms with E-state index in [1.165, 1.54) is 18.4 Å². The van der Waals surface area contributed by atoms with Gasteiger partial charge in [0.1, 0.15) is 0 Å². The van der Waals surface area contributed by atoms with Gasteiger partial charge in [0.2, 0.25) is 0 Å². The average molecular weight is 355 g/mol. The van der Waals surface area contributed by atoms with E-state index in [2.05, 4.69) is 52.0 Å². The Labute approximate surface area is 136 Å². The Kier molecular flexibility index (Phi) is 6.68. The van der Waals surface area contributed by atoms with Crippen molar-refractivity contribution in [2.45, 2.75) is 44.7 Å². The first-order valence-electron chi connectivity index (χ1n) is 8.01. The van der Waals surface area contributed by atoms with Crippen LogP contribution < -0.4 is 5.73 Å². The second kappa shape index (κ2) is 8.28. The van der Waals surface area contributed by atoms with Crippen LogP contribution in [-0.2, 0) is 0 Å². The minimum Gasteiger partial charge on any atom is -0.396 e. The smallest absolute Gasteiger partial charge is 0.0499 e. The maximum atomic E-state index is 9.20. The van der Waals surface area contributed by atoms with Crippen molar-refractivity contribution in [3.8, 4) is 0 Å². The van der Waals surface area contributed by atoms with Crippen molar-refractivity contribution in [2.24, 2.45) is 11.7 Å². The monoisotopic (exact) mass is 354 g/mol. The SMILES string of the molecule is CCC(N)C(c1cccc(Br)c1)N1CCCC(CCO)C1.